The summed E-state index contributed by atoms with van der Waals surface area (Å²) in [6, 6.07) is 8.73. The lowest BCUT2D eigenvalue weighted by Gasteiger charge is -2.32. The molecule has 4 rings (SSSR count). The molecule has 36 heavy (non-hydrogen) atoms. The first-order valence-electron chi connectivity index (χ1n) is 11.6. The van der Waals surface area contributed by atoms with Crippen LogP contribution >= 0.6 is 11.8 Å². The maximum absolute atomic E-state index is 13.2. The molecule has 1 aliphatic carbocycles. The number of aromatic nitrogens is 1. The number of ether oxygens (including phenoxy) is 1. The number of rotatable bonds is 7. The van der Waals surface area contributed by atoms with Crippen LogP contribution in [0.4, 0.5) is 13.2 Å². The number of esters is 1. The highest BCUT2D eigenvalue weighted by Gasteiger charge is 2.37. The lowest BCUT2D eigenvalue weighted by Crippen LogP contribution is -2.45. The Morgan fingerprint density at radius 1 is 1.19 bits per heavy atom. The van der Waals surface area contributed by atoms with Crippen LogP contribution in [-0.4, -0.2) is 52.6 Å². The molecule has 2 heterocycles. The number of carbonyl (C=O) groups is 3. The van der Waals surface area contributed by atoms with Gasteiger partial charge in [-0.1, -0.05) is 12.1 Å². The number of pyridine rings is 1. The molecule has 0 unspecified atom stereocenters. The second-order valence-corrected chi connectivity index (χ2v) is 10.3. The predicted molar refractivity (Wildman–Crippen MR) is 126 cm³/mol. The van der Waals surface area contributed by atoms with Crippen LogP contribution in [0.3, 0.4) is 0 Å². The Bertz CT molecular complexity index is 1120. The predicted octanol–water partition coefficient (Wildman–Crippen LogP) is 4.07. The summed E-state index contributed by atoms with van der Waals surface area (Å²) in [6.07, 6.45) is -0.785. The van der Waals surface area contributed by atoms with Crippen molar-refractivity contribution in [3.63, 3.8) is 0 Å². The monoisotopic (exact) mass is 521 g/mol. The summed E-state index contributed by atoms with van der Waals surface area (Å²) in [5, 5.41) is 2.99. The van der Waals surface area contributed by atoms with Crippen LogP contribution in [0.15, 0.2) is 47.5 Å². The summed E-state index contributed by atoms with van der Waals surface area (Å²) in [6.45, 7) is 0.460. The third-order valence-electron chi connectivity index (χ3n) is 6.41. The summed E-state index contributed by atoms with van der Waals surface area (Å²) >= 11 is 1.62. The first kappa shape index (κ1) is 26.0. The zero-order valence-corrected chi connectivity index (χ0v) is 20.4. The number of hydrogen-bond donors (Lipinski definition) is 1. The van der Waals surface area contributed by atoms with Gasteiger partial charge in [0.15, 0.2) is 0 Å². The van der Waals surface area contributed by atoms with Gasteiger partial charge in [-0.3, -0.25) is 19.4 Å². The quantitative estimate of drug-likeness (QED) is 0.553. The van der Waals surface area contributed by atoms with Gasteiger partial charge in [0.2, 0.25) is 5.91 Å². The van der Waals surface area contributed by atoms with Crippen molar-refractivity contribution >= 4 is 29.5 Å². The molecule has 192 valence electrons. The van der Waals surface area contributed by atoms with E-state index in [0.29, 0.717) is 30.5 Å². The average Bonchev–Trinajstić information content (AvgIpc) is 3.33. The maximum atomic E-state index is 13.2. The van der Waals surface area contributed by atoms with Crippen LogP contribution in [0.2, 0.25) is 0 Å². The van der Waals surface area contributed by atoms with E-state index < -0.39 is 17.9 Å². The summed E-state index contributed by atoms with van der Waals surface area (Å²) < 4.78 is 42.8. The van der Waals surface area contributed by atoms with E-state index in [1.54, 1.807) is 34.9 Å². The molecule has 1 aliphatic heterocycles. The Kier molecular flexibility index (Phi) is 7.87. The fourth-order valence-corrected chi connectivity index (χ4v) is 5.76. The van der Waals surface area contributed by atoms with E-state index in [2.05, 4.69) is 10.3 Å². The first-order chi connectivity index (χ1) is 17.2. The van der Waals surface area contributed by atoms with E-state index >= 15 is 0 Å². The van der Waals surface area contributed by atoms with Gasteiger partial charge in [0, 0.05) is 35.0 Å². The van der Waals surface area contributed by atoms with Crippen LogP contribution in [0.5, 0.6) is 0 Å². The number of nitrogens with zero attached hydrogens (tertiary/aromatic N) is 2. The van der Waals surface area contributed by atoms with Crippen LogP contribution in [0.1, 0.15) is 47.3 Å². The molecule has 0 spiro atoms. The third kappa shape index (κ3) is 6.00. The molecule has 7 nitrogen and oxygen atoms in total. The number of carbonyl (C=O) groups excluding carboxylic acids is 3. The number of methoxy groups -OCH3 is 1. The Morgan fingerprint density at radius 3 is 2.64 bits per heavy atom. The molecule has 0 bridgehead atoms. The van der Waals surface area contributed by atoms with Gasteiger partial charge in [0.25, 0.3) is 5.91 Å². The molecule has 2 aromatic rings. The molecule has 11 heteroatoms. The molecule has 1 aromatic heterocycles. The lowest BCUT2D eigenvalue weighted by atomic mass is 9.85. The average molecular weight is 522 g/mol. The zero-order valence-electron chi connectivity index (χ0n) is 19.6. The molecule has 2 fully saturated rings. The van der Waals surface area contributed by atoms with Gasteiger partial charge in [-0.15, -0.1) is 11.8 Å². The molecule has 1 saturated heterocycles. The van der Waals surface area contributed by atoms with Crippen molar-refractivity contribution in [3.8, 4) is 0 Å². The number of nitrogens with one attached hydrogen (secondary N) is 1. The Labute approximate surface area is 210 Å². The number of hydrogen-bond acceptors (Lipinski definition) is 6. The number of alkyl halides is 3. The largest absolute Gasteiger partial charge is 0.469 e. The van der Waals surface area contributed by atoms with Crippen LogP contribution in [0.25, 0.3) is 0 Å². The molecule has 1 atom stereocenters. The van der Waals surface area contributed by atoms with Crippen molar-refractivity contribution in [1.82, 2.24) is 15.2 Å². The Balaban J connectivity index is 1.33. The van der Waals surface area contributed by atoms with Gasteiger partial charge in [-0.25, -0.2) is 0 Å². The van der Waals surface area contributed by atoms with Crippen LogP contribution < -0.4 is 5.32 Å². The number of amides is 2. The van der Waals surface area contributed by atoms with Gasteiger partial charge in [-0.05, 0) is 55.5 Å². The third-order valence-corrected chi connectivity index (χ3v) is 7.66. The van der Waals surface area contributed by atoms with Crippen molar-refractivity contribution in [2.24, 2.45) is 5.92 Å². The topological polar surface area (TPSA) is 88.6 Å². The normalized spacial score (nSPS) is 21.6. The number of likely N-dealkylation sites (tertiary alicyclic amines) is 1. The van der Waals surface area contributed by atoms with Gasteiger partial charge in [0.05, 0.1) is 13.0 Å². The van der Waals surface area contributed by atoms with E-state index in [9.17, 15) is 27.6 Å². The number of thioether (sulfide) groups is 1. The standard InChI is InChI=1S/C25H26F3N3O4S/c1-35-24(34)17-11-19(12-17)36-18-5-2-4-16(10-18)23(33)31-9-3-6-20(31)22(32)30-14-15-7-8-21(29-13-15)25(26,27)28/h2,4-5,7-8,10,13,17,19-20H,3,6,9,11-12,14H2,1H3,(H,30,32)/t17?,19?,20-/m1/s1. The Morgan fingerprint density at radius 2 is 1.97 bits per heavy atom. The minimum Gasteiger partial charge on any atom is -0.469 e. The van der Waals surface area contributed by atoms with Gasteiger partial charge >= 0.3 is 12.1 Å². The Hall–Kier alpha value is -3.08. The SMILES string of the molecule is COC(=O)C1CC(Sc2cccc(C(=O)N3CCC[C@@H]3C(=O)NCc3ccc(C(F)(F)F)nc3)c2)C1. The van der Waals surface area contributed by atoms with E-state index in [4.69, 9.17) is 4.74 Å². The lowest BCUT2D eigenvalue weighted by molar-refractivity contribution is -0.148. The molecule has 1 saturated carbocycles. The molecule has 2 aliphatic rings. The zero-order chi connectivity index (χ0) is 25.9. The highest BCUT2D eigenvalue weighted by atomic mass is 32.2. The smallest absolute Gasteiger partial charge is 0.433 e. The molecule has 0 radical (unpaired) electrons. The van der Waals surface area contributed by atoms with Crippen molar-refractivity contribution in [2.75, 3.05) is 13.7 Å². The van der Waals surface area contributed by atoms with Gasteiger partial charge in [-0.2, -0.15) is 13.2 Å². The van der Waals surface area contributed by atoms with Gasteiger partial charge < -0.3 is 15.0 Å². The van der Waals surface area contributed by atoms with E-state index in [1.807, 2.05) is 6.07 Å². The first-order valence-corrected chi connectivity index (χ1v) is 12.5. The van der Waals surface area contributed by atoms with Crippen LogP contribution in [0, 0.1) is 5.92 Å². The number of benzene rings is 1. The summed E-state index contributed by atoms with van der Waals surface area (Å²) in [5.41, 5.74) is -0.0796. The fraction of sp³-hybridized carbons (Fsp3) is 0.440. The van der Waals surface area contributed by atoms with Crippen LogP contribution in [-0.2, 0) is 27.0 Å². The highest BCUT2D eigenvalue weighted by molar-refractivity contribution is 8.00. The van der Waals surface area contributed by atoms with Crippen molar-refractivity contribution in [2.45, 2.75) is 54.6 Å². The van der Waals surface area contributed by atoms with Crippen molar-refractivity contribution in [1.29, 1.82) is 0 Å². The van der Waals surface area contributed by atoms with E-state index in [0.717, 1.165) is 30.0 Å². The fourth-order valence-electron chi connectivity index (χ4n) is 4.37. The van der Waals surface area contributed by atoms with E-state index in [-0.39, 0.29) is 35.5 Å². The minimum absolute atomic E-state index is 0.0165. The second-order valence-electron chi connectivity index (χ2n) is 8.88. The van der Waals surface area contributed by atoms with Crippen molar-refractivity contribution in [3.05, 3.63) is 59.4 Å². The molecule has 2 amide bonds. The summed E-state index contributed by atoms with van der Waals surface area (Å²) in [5.74, 6) is -0.856. The van der Waals surface area contributed by atoms with E-state index in [1.165, 1.54) is 13.2 Å². The van der Waals surface area contributed by atoms with Crippen molar-refractivity contribution < 1.29 is 32.3 Å². The van der Waals surface area contributed by atoms with Gasteiger partial charge in [0.1, 0.15) is 11.7 Å². The summed E-state index contributed by atoms with van der Waals surface area (Å²) in [4.78, 5) is 43.5. The molecular weight excluding hydrogens is 495 g/mol. The molecule has 1 N–H and O–H groups in total. The molecular formula is C25H26F3N3O4S. The second kappa shape index (κ2) is 10.9. The number of halogens is 3. The molecule has 1 aromatic carbocycles. The summed E-state index contributed by atoms with van der Waals surface area (Å²) in [7, 11) is 1.38. The maximum Gasteiger partial charge on any atom is 0.433 e. The minimum atomic E-state index is -4.52. The highest BCUT2D eigenvalue weighted by Crippen LogP contribution is 2.41.